The van der Waals surface area contributed by atoms with Crippen molar-refractivity contribution >= 4 is 17.6 Å². The lowest BCUT2D eigenvalue weighted by Gasteiger charge is -2.00. The average Bonchev–Trinajstić information content (AvgIpc) is 2.10. The molecule has 0 fully saturated rings. The van der Waals surface area contributed by atoms with Gasteiger partial charge in [-0.1, -0.05) is 11.6 Å². The molecule has 0 bridgehead atoms. The first-order valence-electron chi connectivity index (χ1n) is 3.64. The zero-order valence-electron chi connectivity index (χ0n) is 6.88. The first-order valence-corrected chi connectivity index (χ1v) is 4.02. The van der Waals surface area contributed by atoms with Gasteiger partial charge in [-0.2, -0.15) is 0 Å². The molecule has 0 N–H and O–H groups in total. The van der Waals surface area contributed by atoms with Crippen LogP contribution in [0.2, 0.25) is 5.15 Å². The van der Waals surface area contributed by atoms with Crippen LogP contribution in [-0.4, -0.2) is 17.6 Å². The highest BCUT2D eigenvalue weighted by molar-refractivity contribution is 6.29. The van der Waals surface area contributed by atoms with Crippen LogP contribution in [0.3, 0.4) is 0 Å². The lowest BCUT2D eigenvalue weighted by molar-refractivity contribution is 0.0519. The second-order valence-electron chi connectivity index (χ2n) is 2.19. The van der Waals surface area contributed by atoms with Crippen molar-refractivity contribution in [2.24, 2.45) is 0 Å². The molecular weight excluding hydrogens is 197 g/mol. The molecule has 1 heterocycles. The maximum atomic E-state index is 12.6. The van der Waals surface area contributed by atoms with E-state index in [2.05, 4.69) is 9.72 Å². The van der Waals surface area contributed by atoms with E-state index in [4.69, 9.17) is 11.6 Å². The molecule has 3 nitrogen and oxygen atoms in total. The van der Waals surface area contributed by atoms with Crippen molar-refractivity contribution in [1.29, 1.82) is 0 Å². The summed E-state index contributed by atoms with van der Waals surface area (Å²) in [4.78, 5) is 14.5. The topological polar surface area (TPSA) is 39.2 Å². The molecule has 0 saturated carbocycles. The van der Waals surface area contributed by atoms with Gasteiger partial charge in [0.15, 0.2) is 11.0 Å². The summed E-state index contributed by atoms with van der Waals surface area (Å²) < 4.78 is 17.2. The van der Waals surface area contributed by atoms with Crippen LogP contribution in [-0.2, 0) is 4.74 Å². The predicted molar refractivity (Wildman–Crippen MR) is 45.2 cm³/mol. The Morgan fingerprint density at radius 1 is 1.69 bits per heavy atom. The number of pyridine rings is 1. The number of hydrogen-bond donors (Lipinski definition) is 0. The molecule has 1 aromatic heterocycles. The van der Waals surface area contributed by atoms with Crippen molar-refractivity contribution in [1.82, 2.24) is 4.98 Å². The van der Waals surface area contributed by atoms with Gasteiger partial charge >= 0.3 is 5.97 Å². The number of esters is 1. The first-order chi connectivity index (χ1) is 6.15. The molecule has 0 radical (unpaired) electrons. The van der Waals surface area contributed by atoms with Gasteiger partial charge in [0.05, 0.1) is 6.61 Å². The number of carbonyl (C=O) groups is 1. The van der Waals surface area contributed by atoms with Gasteiger partial charge in [0, 0.05) is 0 Å². The summed E-state index contributed by atoms with van der Waals surface area (Å²) in [7, 11) is 0. The van der Waals surface area contributed by atoms with Crippen LogP contribution in [0.15, 0.2) is 12.1 Å². The second-order valence-corrected chi connectivity index (χ2v) is 2.55. The number of halogens is 2. The fourth-order valence-electron chi connectivity index (χ4n) is 0.736. The largest absolute Gasteiger partial charge is 0.461 e. The first kappa shape index (κ1) is 9.92. The van der Waals surface area contributed by atoms with Crippen LogP contribution in [0, 0.1) is 5.82 Å². The smallest absolute Gasteiger partial charge is 0.356 e. The normalized spacial score (nSPS) is 9.77. The summed E-state index contributed by atoms with van der Waals surface area (Å²) in [6.07, 6.45) is 0. The predicted octanol–water partition coefficient (Wildman–Crippen LogP) is 2.05. The Bertz CT molecular complexity index is 330. The maximum absolute atomic E-state index is 12.6. The molecule has 5 heteroatoms. The molecule has 0 aromatic carbocycles. The van der Waals surface area contributed by atoms with E-state index in [0.29, 0.717) is 0 Å². The number of aromatic nitrogens is 1. The standard InChI is InChI=1S/C8H7ClFNO2/c1-2-13-8(12)6-4-3-5(10)7(9)11-6/h3-4H,2H2,1H3. The fourth-order valence-corrected chi connectivity index (χ4v) is 0.890. The van der Waals surface area contributed by atoms with Gasteiger partial charge in [0.1, 0.15) is 5.69 Å². The van der Waals surface area contributed by atoms with Crippen molar-refractivity contribution in [2.75, 3.05) is 6.61 Å². The minimum absolute atomic E-state index is 0.00764. The van der Waals surface area contributed by atoms with Gasteiger partial charge < -0.3 is 4.74 Å². The average molecular weight is 204 g/mol. The highest BCUT2D eigenvalue weighted by Crippen LogP contribution is 2.11. The Morgan fingerprint density at radius 3 is 2.92 bits per heavy atom. The van der Waals surface area contributed by atoms with Crippen LogP contribution in [0.25, 0.3) is 0 Å². The van der Waals surface area contributed by atoms with Gasteiger partial charge in [-0.05, 0) is 19.1 Å². The Hall–Kier alpha value is -1.16. The minimum atomic E-state index is -0.658. The van der Waals surface area contributed by atoms with Crippen LogP contribution < -0.4 is 0 Å². The van der Waals surface area contributed by atoms with Gasteiger partial charge in [0.25, 0.3) is 0 Å². The molecule has 0 atom stereocenters. The van der Waals surface area contributed by atoms with Crippen molar-refractivity contribution in [3.8, 4) is 0 Å². The monoisotopic (exact) mass is 203 g/mol. The molecule has 70 valence electrons. The van der Waals surface area contributed by atoms with Crippen molar-refractivity contribution in [3.63, 3.8) is 0 Å². The second kappa shape index (κ2) is 4.18. The summed E-state index contributed by atoms with van der Waals surface area (Å²) >= 11 is 5.36. The lowest BCUT2D eigenvalue weighted by Crippen LogP contribution is -2.07. The Balaban J connectivity index is 2.90. The molecule has 0 aliphatic heterocycles. The molecule has 0 amide bonds. The highest BCUT2D eigenvalue weighted by atomic mass is 35.5. The van der Waals surface area contributed by atoms with Crippen LogP contribution in [0.5, 0.6) is 0 Å². The third-order valence-corrected chi connectivity index (χ3v) is 1.55. The summed E-state index contributed by atoms with van der Waals surface area (Å²) in [5, 5.41) is -0.328. The molecule has 13 heavy (non-hydrogen) atoms. The van der Waals surface area contributed by atoms with Crippen molar-refractivity contribution in [3.05, 3.63) is 28.8 Å². The molecule has 1 rings (SSSR count). The van der Waals surface area contributed by atoms with E-state index in [1.54, 1.807) is 6.92 Å². The molecular formula is C8H7ClFNO2. The van der Waals surface area contributed by atoms with Crippen molar-refractivity contribution in [2.45, 2.75) is 6.92 Å². The van der Waals surface area contributed by atoms with E-state index >= 15 is 0 Å². The highest BCUT2D eigenvalue weighted by Gasteiger charge is 2.10. The molecule has 0 unspecified atom stereocenters. The summed E-state index contributed by atoms with van der Waals surface area (Å²) in [5.41, 5.74) is 0.00764. The van der Waals surface area contributed by atoms with E-state index < -0.39 is 11.8 Å². The molecule has 0 spiro atoms. The summed E-state index contributed by atoms with van der Waals surface area (Å²) in [6.45, 7) is 1.92. The Labute approximate surface area is 79.5 Å². The molecule has 0 aliphatic carbocycles. The molecule has 1 aromatic rings. The molecule has 0 saturated heterocycles. The zero-order chi connectivity index (χ0) is 9.84. The SMILES string of the molecule is CCOC(=O)c1ccc(F)c(Cl)n1. The van der Waals surface area contributed by atoms with Crippen LogP contribution in [0.4, 0.5) is 4.39 Å². The summed E-state index contributed by atoms with van der Waals surface area (Å²) in [5.74, 6) is -1.26. The number of rotatable bonds is 2. The quantitative estimate of drug-likeness (QED) is 0.546. The maximum Gasteiger partial charge on any atom is 0.356 e. The number of nitrogens with zero attached hydrogens (tertiary/aromatic N) is 1. The van der Waals surface area contributed by atoms with E-state index in [-0.39, 0.29) is 17.5 Å². The Kier molecular flexibility index (Phi) is 3.19. The number of carbonyl (C=O) groups excluding carboxylic acids is 1. The Morgan fingerprint density at radius 2 is 2.38 bits per heavy atom. The summed E-state index contributed by atoms with van der Waals surface area (Å²) in [6, 6.07) is 2.29. The van der Waals surface area contributed by atoms with Gasteiger partial charge in [0.2, 0.25) is 0 Å². The van der Waals surface area contributed by atoms with E-state index in [9.17, 15) is 9.18 Å². The van der Waals surface area contributed by atoms with Gasteiger partial charge in [-0.15, -0.1) is 0 Å². The zero-order valence-corrected chi connectivity index (χ0v) is 7.64. The van der Waals surface area contributed by atoms with Crippen LogP contribution >= 0.6 is 11.6 Å². The van der Waals surface area contributed by atoms with Crippen LogP contribution in [0.1, 0.15) is 17.4 Å². The fraction of sp³-hybridized carbons (Fsp3) is 0.250. The van der Waals surface area contributed by atoms with E-state index in [1.807, 2.05) is 0 Å². The van der Waals surface area contributed by atoms with E-state index in [1.165, 1.54) is 6.07 Å². The van der Waals surface area contributed by atoms with Gasteiger partial charge in [-0.3, -0.25) is 0 Å². The molecule has 0 aliphatic rings. The number of ether oxygens (including phenoxy) is 1. The van der Waals surface area contributed by atoms with E-state index in [0.717, 1.165) is 6.07 Å². The lowest BCUT2D eigenvalue weighted by atomic mass is 10.3. The van der Waals surface area contributed by atoms with Gasteiger partial charge in [-0.25, -0.2) is 14.2 Å². The third kappa shape index (κ3) is 2.39. The third-order valence-electron chi connectivity index (χ3n) is 1.29. The minimum Gasteiger partial charge on any atom is -0.461 e. The number of hydrogen-bond acceptors (Lipinski definition) is 3. The van der Waals surface area contributed by atoms with Crippen molar-refractivity contribution < 1.29 is 13.9 Å².